The predicted octanol–water partition coefficient (Wildman–Crippen LogP) is -0.180. The standard InChI is InChI=1S/C7H10N2O2/c8-3-5-1-2-9-4-6(5)7(10)11/h5-6,9H,1-2,4H2,(H,10,11)/t5-,6+/m0/s1. The van der Waals surface area contributed by atoms with E-state index in [4.69, 9.17) is 10.4 Å². The van der Waals surface area contributed by atoms with Crippen LogP contribution in [0.4, 0.5) is 0 Å². The lowest BCUT2D eigenvalue weighted by molar-refractivity contribution is -0.143. The van der Waals surface area contributed by atoms with Crippen molar-refractivity contribution in [3.8, 4) is 6.07 Å². The van der Waals surface area contributed by atoms with E-state index in [-0.39, 0.29) is 5.92 Å². The topological polar surface area (TPSA) is 73.1 Å². The maximum absolute atomic E-state index is 10.5. The summed E-state index contributed by atoms with van der Waals surface area (Å²) >= 11 is 0. The number of carbonyl (C=O) groups is 1. The van der Waals surface area contributed by atoms with Crippen LogP contribution in [0.2, 0.25) is 0 Å². The third kappa shape index (κ3) is 1.69. The molecule has 1 heterocycles. The Bertz CT molecular complexity index is 197. The summed E-state index contributed by atoms with van der Waals surface area (Å²) < 4.78 is 0. The quantitative estimate of drug-likeness (QED) is 0.549. The van der Waals surface area contributed by atoms with E-state index in [1.54, 1.807) is 0 Å². The van der Waals surface area contributed by atoms with Gasteiger partial charge in [0.25, 0.3) is 0 Å². The molecule has 4 heteroatoms. The van der Waals surface area contributed by atoms with Crippen LogP contribution < -0.4 is 5.32 Å². The maximum atomic E-state index is 10.5. The molecule has 0 radical (unpaired) electrons. The van der Waals surface area contributed by atoms with E-state index in [0.717, 1.165) is 6.54 Å². The second-order valence-electron chi connectivity index (χ2n) is 2.67. The van der Waals surface area contributed by atoms with Gasteiger partial charge in [0.1, 0.15) is 0 Å². The summed E-state index contributed by atoms with van der Waals surface area (Å²) in [6, 6.07) is 2.01. The number of aliphatic carboxylic acids is 1. The van der Waals surface area contributed by atoms with Crippen LogP contribution in [0.15, 0.2) is 0 Å². The summed E-state index contributed by atoms with van der Waals surface area (Å²) in [6.07, 6.45) is 0.646. The molecule has 0 aromatic rings. The molecule has 1 rings (SSSR count). The van der Waals surface area contributed by atoms with Crippen molar-refractivity contribution in [2.75, 3.05) is 13.1 Å². The van der Waals surface area contributed by atoms with Crippen molar-refractivity contribution in [2.45, 2.75) is 6.42 Å². The third-order valence-corrected chi connectivity index (χ3v) is 1.97. The van der Waals surface area contributed by atoms with Crippen LogP contribution in [0.25, 0.3) is 0 Å². The molecule has 0 aliphatic carbocycles. The molecule has 4 nitrogen and oxygen atoms in total. The van der Waals surface area contributed by atoms with Gasteiger partial charge in [-0.25, -0.2) is 0 Å². The Morgan fingerprint density at radius 3 is 2.91 bits per heavy atom. The van der Waals surface area contributed by atoms with E-state index in [1.165, 1.54) is 0 Å². The average Bonchev–Trinajstić information content (AvgIpc) is 2.04. The Morgan fingerprint density at radius 1 is 1.73 bits per heavy atom. The van der Waals surface area contributed by atoms with E-state index in [2.05, 4.69) is 5.32 Å². The number of piperidine rings is 1. The predicted molar refractivity (Wildman–Crippen MR) is 37.7 cm³/mol. The molecule has 2 N–H and O–H groups in total. The SMILES string of the molecule is N#C[C@@H]1CCNC[C@H]1C(=O)O. The highest BCUT2D eigenvalue weighted by Crippen LogP contribution is 2.17. The van der Waals surface area contributed by atoms with Crippen LogP contribution in [0.1, 0.15) is 6.42 Å². The first-order valence-corrected chi connectivity index (χ1v) is 3.59. The molecule has 0 spiro atoms. The second-order valence-corrected chi connectivity index (χ2v) is 2.67. The fourth-order valence-corrected chi connectivity index (χ4v) is 1.27. The molecule has 2 atom stereocenters. The van der Waals surface area contributed by atoms with Crippen molar-refractivity contribution in [1.82, 2.24) is 5.32 Å². The molecular weight excluding hydrogens is 144 g/mol. The number of carboxylic acids is 1. The van der Waals surface area contributed by atoms with Gasteiger partial charge in [-0.1, -0.05) is 0 Å². The van der Waals surface area contributed by atoms with Crippen molar-refractivity contribution in [3.63, 3.8) is 0 Å². The summed E-state index contributed by atoms with van der Waals surface area (Å²) in [5.41, 5.74) is 0. The van der Waals surface area contributed by atoms with E-state index in [0.29, 0.717) is 13.0 Å². The van der Waals surface area contributed by atoms with E-state index < -0.39 is 11.9 Å². The van der Waals surface area contributed by atoms with Gasteiger partial charge in [-0.3, -0.25) is 4.79 Å². The zero-order valence-corrected chi connectivity index (χ0v) is 6.08. The fraction of sp³-hybridized carbons (Fsp3) is 0.714. The van der Waals surface area contributed by atoms with Gasteiger partial charge in [-0.15, -0.1) is 0 Å². The molecule has 0 saturated carbocycles. The van der Waals surface area contributed by atoms with Crippen LogP contribution in [-0.4, -0.2) is 24.2 Å². The number of nitrogens with one attached hydrogen (secondary N) is 1. The van der Waals surface area contributed by atoms with Gasteiger partial charge >= 0.3 is 5.97 Å². The number of carboxylic acid groups (broad SMARTS) is 1. The minimum absolute atomic E-state index is 0.311. The number of nitriles is 1. The monoisotopic (exact) mass is 154 g/mol. The molecule has 1 fully saturated rings. The third-order valence-electron chi connectivity index (χ3n) is 1.97. The number of nitrogens with zero attached hydrogens (tertiary/aromatic N) is 1. The molecule has 1 aliphatic heterocycles. The van der Waals surface area contributed by atoms with Crippen molar-refractivity contribution in [1.29, 1.82) is 5.26 Å². The lowest BCUT2D eigenvalue weighted by atomic mass is 9.88. The molecule has 0 unspecified atom stereocenters. The number of hydrogen-bond donors (Lipinski definition) is 2. The number of rotatable bonds is 1. The van der Waals surface area contributed by atoms with Gasteiger partial charge < -0.3 is 10.4 Å². The Morgan fingerprint density at radius 2 is 2.45 bits per heavy atom. The lowest BCUT2D eigenvalue weighted by Gasteiger charge is -2.23. The molecule has 0 aromatic carbocycles. The first-order valence-electron chi connectivity index (χ1n) is 3.59. The van der Waals surface area contributed by atoms with E-state index in [9.17, 15) is 4.79 Å². The van der Waals surface area contributed by atoms with Crippen LogP contribution in [0.5, 0.6) is 0 Å². The Kier molecular flexibility index (Phi) is 2.44. The minimum atomic E-state index is -0.872. The summed E-state index contributed by atoms with van der Waals surface area (Å²) in [6.45, 7) is 1.18. The Hall–Kier alpha value is -1.08. The fourth-order valence-electron chi connectivity index (χ4n) is 1.27. The summed E-state index contributed by atoms with van der Waals surface area (Å²) in [7, 11) is 0. The molecule has 0 bridgehead atoms. The summed E-state index contributed by atoms with van der Waals surface area (Å²) in [4.78, 5) is 10.5. The highest BCUT2D eigenvalue weighted by Gasteiger charge is 2.30. The molecule has 1 saturated heterocycles. The van der Waals surface area contributed by atoms with Crippen molar-refractivity contribution < 1.29 is 9.90 Å². The van der Waals surface area contributed by atoms with Gasteiger partial charge in [-0.05, 0) is 13.0 Å². The number of hydrogen-bond acceptors (Lipinski definition) is 3. The first kappa shape index (κ1) is 8.02. The van der Waals surface area contributed by atoms with Crippen LogP contribution in [0.3, 0.4) is 0 Å². The van der Waals surface area contributed by atoms with Gasteiger partial charge in [0.2, 0.25) is 0 Å². The van der Waals surface area contributed by atoms with Crippen molar-refractivity contribution >= 4 is 5.97 Å². The second kappa shape index (κ2) is 3.35. The van der Waals surface area contributed by atoms with Crippen molar-refractivity contribution in [2.24, 2.45) is 11.8 Å². The molecule has 11 heavy (non-hydrogen) atoms. The Labute approximate surface area is 64.8 Å². The maximum Gasteiger partial charge on any atom is 0.309 e. The minimum Gasteiger partial charge on any atom is -0.481 e. The van der Waals surface area contributed by atoms with Gasteiger partial charge in [-0.2, -0.15) is 5.26 Å². The van der Waals surface area contributed by atoms with Gasteiger partial charge in [0, 0.05) is 6.54 Å². The normalized spacial score (nSPS) is 30.8. The highest BCUT2D eigenvalue weighted by molar-refractivity contribution is 5.71. The zero-order chi connectivity index (χ0) is 8.27. The summed E-state index contributed by atoms with van der Waals surface area (Å²) in [5, 5.41) is 20.2. The van der Waals surface area contributed by atoms with Gasteiger partial charge in [0.15, 0.2) is 0 Å². The zero-order valence-electron chi connectivity index (χ0n) is 6.08. The largest absolute Gasteiger partial charge is 0.481 e. The molecule has 1 aliphatic rings. The molecule has 0 aromatic heterocycles. The van der Waals surface area contributed by atoms with E-state index in [1.807, 2.05) is 6.07 Å². The van der Waals surface area contributed by atoms with Crippen LogP contribution in [-0.2, 0) is 4.79 Å². The van der Waals surface area contributed by atoms with Gasteiger partial charge in [0.05, 0.1) is 17.9 Å². The average molecular weight is 154 g/mol. The Balaban J connectivity index is 2.60. The van der Waals surface area contributed by atoms with Crippen LogP contribution in [0, 0.1) is 23.2 Å². The van der Waals surface area contributed by atoms with Crippen molar-refractivity contribution in [3.05, 3.63) is 0 Å². The molecule has 60 valence electrons. The molecular formula is C7H10N2O2. The summed E-state index contributed by atoms with van der Waals surface area (Å²) in [5.74, 6) is -1.70. The highest BCUT2D eigenvalue weighted by atomic mass is 16.4. The first-order chi connectivity index (χ1) is 5.25. The smallest absolute Gasteiger partial charge is 0.309 e. The molecule has 0 amide bonds. The van der Waals surface area contributed by atoms with E-state index >= 15 is 0 Å². The lowest BCUT2D eigenvalue weighted by Crippen LogP contribution is -2.40. The van der Waals surface area contributed by atoms with Crippen LogP contribution >= 0.6 is 0 Å².